The summed E-state index contributed by atoms with van der Waals surface area (Å²) in [5.41, 5.74) is 0. The molecule has 3 heteroatoms. The lowest BCUT2D eigenvalue weighted by atomic mass is 9.99. The molecule has 0 N–H and O–H groups in total. The van der Waals surface area contributed by atoms with Crippen molar-refractivity contribution in [2.45, 2.75) is 84.0 Å². The molecule has 0 radical (unpaired) electrons. The molecule has 0 aliphatic carbocycles. The van der Waals surface area contributed by atoms with Crippen molar-refractivity contribution in [1.29, 1.82) is 0 Å². The number of carbonyl (C=O) groups is 1. The zero-order valence-corrected chi connectivity index (χ0v) is 15.5. The first kappa shape index (κ1) is 19.0. The highest BCUT2D eigenvalue weighted by atomic mass is 79.9. The summed E-state index contributed by atoms with van der Waals surface area (Å²) in [6.45, 7) is 4.22. The summed E-state index contributed by atoms with van der Waals surface area (Å²) in [6.07, 6.45) is 15.1. The number of rotatable bonds is 11. The first-order chi connectivity index (χ1) is 10.3. The molecule has 1 aliphatic rings. The average molecular weight is 360 g/mol. The van der Waals surface area contributed by atoms with E-state index in [0.29, 0.717) is 11.8 Å². The molecular formula is C18H34BrNO. The van der Waals surface area contributed by atoms with E-state index in [-0.39, 0.29) is 0 Å². The van der Waals surface area contributed by atoms with Gasteiger partial charge in [0.1, 0.15) is 0 Å². The third-order valence-electron chi connectivity index (χ3n) is 4.58. The molecule has 1 atom stereocenters. The van der Waals surface area contributed by atoms with Gasteiger partial charge in [-0.3, -0.25) is 4.79 Å². The highest BCUT2D eigenvalue weighted by Gasteiger charge is 2.22. The van der Waals surface area contributed by atoms with Crippen LogP contribution in [0, 0.1) is 5.92 Å². The van der Waals surface area contributed by atoms with Crippen molar-refractivity contribution in [3.05, 3.63) is 0 Å². The van der Waals surface area contributed by atoms with Crippen LogP contribution in [0.15, 0.2) is 0 Å². The van der Waals surface area contributed by atoms with E-state index >= 15 is 0 Å². The minimum Gasteiger partial charge on any atom is -0.342 e. The molecule has 0 aromatic rings. The van der Waals surface area contributed by atoms with E-state index < -0.39 is 0 Å². The number of likely N-dealkylation sites (tertiary alicyclic amines) is 1. The fourth-order valence-corrected chi connectivity index (χ4v) is 3.69. The lowest BCUT2D eigenvalue weighted by Crippen LogP contribution is -2.40. The Morgan fingerprint density at radius 1 is 1.05 bits per heavy atom. The molecule has 1 aliphatic heterocycles. The fraction of sp³-hybridized carbons (Fsp3) is 0.944. The number of alkyl halides is 1. The summed E-state index contributed by atoms with van der Waals surface area (Å²) in [4.78, 5) is 14.3. The SMILES string of the molecule is CCCCCCCCCCCC(=O)N1CCCC(CBr)C1. The van der Waals surface area contributed by atoms with Crippen molar-refractivity contribution in [3.8, 4) is 0 Å². The molecule has 1 saturated heterocycles. The molecule has 1 heterocycles. The lowest BCUT2D eigenvalue weighted by molar-refractivity contribution is -0.132. The monoisotopic (exact) mass is 359 g/mol. The summed E-state index contributed by atoms with van der Waals surface area (Å²) < 4.78 is 0. The first-order valence-corrected chi connectivity index (χ1v) is 10.2. The van der Waals surface area contributed by atoms with Gasteiger partial charge < -0.3 is 4.90 Å². The first-order valence-electron chi connectivity index (χ1n) is 9.11. The van der Waals surface area contributed by atoms with Gasteiger partial charge in [0.2, 0.25) is 5.91 Å². The van der Waals surface area contributed by atoms with Crippen molar-refractivity contribution in [2.75, 3.05) is 18.4 Å². The highest BCUT2D eigenvalue weighted by molar-refractivity contribution is 9.09. The number of nitrogens with zero attached hydrogens (tertiary/aromatic N) is 1. The van der Waals surface area contributed by atoms with Gasteiger partial charge in [-0.05, 0) is 25.2 Å². The van der Waals surface area contributed by atoms with Crippen LogP contribution in [-0.2, 0) is 4.79 Å². The molecule has 1 rings (SSSR count). The van der Waals surface area contributed by atoms with Gasteiger partial charge in [0.25, 0.3) is 0 Å². The standard InChI is InChI=1S/C18H34BrNO/c1-2-3-4-5-6-7-8-9-10-13-18(21)20-14-11-12-17(15-19)16-20/h17H,2-16H2,1H3. The third-order valence-corrected chi connectivity index (χ3v) is 5.50. The van der Waals surface area contributed by atoms with Crippen LogP contribution in [0.3, 0.4) is 0 Å². The molecule has 0 saturated carbocycles. The predicted octanol–water partition coefficient (Wildman–Crippen LogP) is 5.54. The molecule has 124 valence electrons. The predicted molar refractivity (Wildman–Crippen MR) is 94.9 cm³/mol. The lowest BCUT2D eigenvalue weighted by Gasteiger charge is -2.32. The largest absolute Gasteiger partial charge is 0.342 e. The van der Waals surface area contributed by atoms with Crippen LogP contribution in [-0.4, -0.2) is 29.2 Å². The minimum absolute atomic E-state index is 0.392. The Morgan fingerprint density at radius 2 is 1.67 bits per heavy atom. The summed E-state index contributed by atoms with van der Waals surface area (Å²) in [6, 6.07) is 0. The number of hydrogen-bond donors (Lipinski definition) is 0. The topological polar surface area (TPSA) is 20.3 Å². The molecule has 1 amide bonds. The maximum Gasteiger partial charge on any atom is 0.222 e. The normalized spacial score (nSPS) is 19.0. The second-order valence-corrected chi connectivity index (χ2v) is 7.23. The molecule has 0 aromatic heterocycles. The van der Waals surface area contributed by atoms with Crippen LogP contribution in [0.1, 0.15) is 84.0 Å². The van der Waals surface area contributed by atoms with Crippen molar-refractivity contribution in [1.82, 2.24) is 4.90 Å². The van der Waals surface area contributed by atoms with E-state index in [1.54, 1.807) is 0 Å². The van der Waals surface area contributed by atoms with Crippen LogP contribution in [0.4, 0.5) is 0 Å². The van der Waals surface area contributed by atoms with Crippen LogP contribution < -0.4 is 0 Å². The Morgan fingerprint density at radius 3 is 2.29 bits per heavy atom. The molecule has 1 unspecified atom stereocenters. The number of unbranched alkanes of at least 4 members (excludes halogenated alkanes) is 8. The Labute approximate surface area is 140 Å². The third kappa shape index (κ3) is 8.85. The second-order valence-electron chi connectivity index (χ2n) is 6.58. The average Bonchev–Trinajstić information content (AvgIpc) is 2.53. The van der Waals surface area contributed by atoms with E-state index in [2.05, 4.69) is 27.8 Å². The van der Waals surface area contributed by atoms with Gasteiger partial charge in [-0.15, -0.1) is 0 Å². The molecule has 1 fully saturated rings. The number of halogens is 1. The van der Waals surface area contributed by atoms with E-state index in [0.717, 1.165) is 31.3 Å². The van der Waals surface area contributed by atoms with E-state index in [9.17, 15) is 4.79 Å². The zero-order chi connectivity index (χ0) is 15.3. The smallest absolute Gasteiger partial charge is 0.222 e. The Balaban J connectivity index is 1.96. The summed E-state index contributed by atoms with van der Waals surface area (Å²) in [7, 11) is 0. The molecule has 2 nitrogen and oxygen atoms in total. The van der Waals surface area contributed by atoms with Crippen LogP contribution in [0.5, 0.6) is 0 Å². The Kier molecular flexibility index (Phi) is 11.3. The quantitative estimate of drug-likeness (QED) is 0.350. The summed E-state index contributed by atoms with van der Waals surface area (Å²) >= 11 is 3.55. The van der Waals surface area contributed by atoms with Crippen LogP contribution >= 0.6 is 15.9 Å². The Hall–Kier alpha value is -0.0500. The van der Waals surface area contributed by atoms with Gasteiger partial charge in [0.15, 0.2) is 0 Å². The number of hydrogen-bond acceptors (Lipinski definition) is 1. The van der Waals surface area contributed by atoms with Crippen molar-refractivity contribution in [2.24, 2.45) is 5.92 Å². The zero-order valence-electron chi connectivity index (χ0n) is 13.9. The molecule has 21 heavy (non-hydrogen) atoms. The fourth-order valence-electron chi connectivity index (χ4n) is 3.16. The minimum atomic E-state index is 0.392. The van der Waals surface area contributed by atoms with Gasteiger partial charge in [0, 0.05) is 24.8 Å². The van der Waals surface area contributed by atoms with Crippen LogP contribution in [0.2, 0.25) is 0 Å². The second kappa shape index (κ2) is 12.5. The maximum absolute atomic E-state index is 12.2. The van der Waals surface area contributed by atoms with Gasteiger partial charge in [0.05, 0.1) is 0 Å². The van der Waals surface area contributed by atoms with Crippen molar-refractivity contribution < 1.29 is 4.79 Å². The van der Waals surface area contributed by atoms with Crippen LogP contribution in [0.25, 0.3) is 0 Å². The molecule has 0 aromatic carbocycles. The van der Waals surface area contributed by atoms with E-state index in [4.69, 9.17) is 0 Å². The molecule has 0 spiro atoms. The maximum atomic E-state index is 12.2. The highest BCUT2D eigenvalue weighted by Crippen LogP contribution is 2.19. The van der Waals surface area contributed by atoms with E-state index in [1.165, 1.54) is 64.2 Å². The summed E-state index contributed by atoms with van der Waals surface area (Å²) in [5, 5.41) is 1.04. The van der Waals surface area contributed by atoms with Gasteiger partial charge in [-0.25, -0.2) is 0 Å². The molecular weight excluding hydrogens is 326 g/mol. The van der Waals surface area contributed by atoms with Gasteiger partial charge >= 0.3 is 0 Å². The summed E-state index contributed by atoms with van der Waals surface area (Å²) in [5.74, 6) is 1.06. The number of amides is 1. The number of piperidine rings is 1. The van der Waals surface area contributed by atoms with Gasteiger partial charge in [-0.2, -0.15) is 0 Å². The van der Waals surface area contributed by atoms with E-state index in [1.807, 2.05) is 0 Å². The molecule has 0 bridgehead atoms. The van der Waals surface area contributed by atoms with Gasteiger partial charge in [-0.1, -0.05) is 74.2 Å². The van der Waals surface area contributed by atoms with Crippen molar-refractivity contribution in [3.63, 3.8) is 0 Å². The Bertz CT molecular complexity index is 270. The number of carbonyl (C=O) groups excluding carboxylic acids is 1. The van der Waals surface area contributed by atoms with Crippen molar-refractivity contribution >= 4 is 21.8 Å².